The lowest BCUT2D eigenvalue weighted by Gasteiger charge is -2.36. The third-order valence-electron chi connectivity index (χ3n) is 4.95. The van der Waals surface area contributed by atoms with Gasteiger partial charge in [-0.15, -0.1) is 0 Å². The van der Waals surface area contributed by atoms with Crippen LogP contribution >= 0.6 is 0 Å². The topological polar surface area (TPSA) is 54.3 Å². The summed E-state index contributed by atoms with van der Waals surface area (Å²) in [4.78, 5) is 30.4. The largest absolute Gasteiger partial charge is 0.478 e. The maximum atomic E-state index is 12.7. The minimum atomic E-state index is -0.505. The van der Waals surface area contributed by atoms with Gasteiger partial charge in [0.25, 0.3) is 5.91 Å². The van der Waals surface area contributed by atoms with Crippen molar-refractivity contribution in [2.45, 2.75) is 26.4 Å². The van der Waals surface area contributed by atoms with Crippen molar-refractivity contribution in [2.24, 2.45) is 0 Å². The number of benzene rings is 1. The second-order valence-electron chi connectivity index (χ2n) is 6.39. The first kappa shape index (κ1) is 16.8. The summed E-state index contributed by atoms with van der Waals surface area (Å²) in [7, 11) is 0. The van der Waals surface area contributed by atoms with Gasteiger partial charge < -0.3 is 14.5 Å². The predicted molar refractivity (Wildman–Crippen MR) is 91.3 cm³/mol. The molecule has 1 N–H and O–H groups in total. The highest BCUT2D eigenvalue weighted by Gasteiger charge is 2.35. The Morgan fingerprint density at radius 1 is 1.25 bits per heavy atom. The molecule has 2 aliphatic heterocycles. The van der Waals surface area contributed by atoms with Crippen molar-refractivity contribution in [1.82, 2.24) is 4.90 Å². The molecule has 6 heteroatoms. The number of amides is 2. The van der Waals surface area contributed by atoms with Gasteiger partial charge in [0, 0.05) is 0 Å². The van der Waals surface area contributed by atoms with E-state index < -0.39 is 6.10 Å². The quantitative estimate of drug-likeness (QED) is 0.840. The Morgan fingerprint density at radius 2 is 1.96 bits per heavy atom. The van der Waals surface area contributed by atoms with Crippen molar-refractivity contribution in [3.05, 3.63) is 24.3 Å². The number of quaternary nitrogens is 1. The monoisotopic (exact) mass is 332 g/mol. The number of carbonyl (C=O) groups excluding carboxylic acids is 2. The molecule has 0 aromatic heterocycles. The van der Waals surface area contributed by atoms with Gasteiger partial charge in [-0.3, -0.25) is 14.5 Å². The SMILES string of the molecule is CCC1Oc2ccccc2N(CC(=O)N2CC[NH+](CC)CC2)C1=O. The van der Waals surface area contributed by atoms with E-state index in [1.807, 2.05) is 36.1 Å². The highest BCUT2D eigenvalue weighted by Crippen LogP contribution is 2.34. The van der Waals surface area contributed by atoms with Crippen molar-refractivity contribution in [3.63, 3.8) is 0 Å². The molecule has 2 heterocycles. The molecule has 1 aromatic carbocycles. The van der Waals surface area contributed by atoms with Crippen molar-refractivity contribution >= 4 is 17.5 Å². The molecule has 1 fully saturated rings. The van der Waals surface area contributed by atoms with E-state index in [1.165, 1.54) is 4.90 Å². The Kier molecular flexibility index (Phi) is 5.04. The molecule has 1 aromatic rings. The van der Waals surface area contributed by atoms with Gasteiger partial charge >= 0.3 is 0 Å². The van der Waals surface area contributed by atoms with Gasteiger partial charge in [-0.1, -0.05) is 19.1 Å². The molecule has 2 amide bonds. The number of carbonyl (C=O) groups is 2. The highest BCUT2D eigenvalue weighted by atomic mass is 16.5. The lowest BCUT2D eigenvalue weighted by atomic mass is 10.1. The number of anilines is 1. The average molecular weight is 332 g/mol. The summed E-state index contributed by atoms with van der Waals surface area (Å²) < 4.78 is 5.76. The number of nitrogens with one attached hydrogen (secondary N) is 1. The Hall–Kier alpha value is -2.08. The lowest BCUT2D eigenvalue weighted by Crippen LogP contribution is -3.14. The second kappa shape index (κ2) is 7.21. The zero-order valence-corrected chi connectivity index (χ0v) is 14.5. The minimum absolute atomic E-state index is 0.0186. The summed E-state index contributed by atoms with van der Waals surface area (Å²) in [6.45, 7) is 8.76. The molecule has 130 valence electrons. The average Bonchev–Trinajstić information content (AvgIpc) is 2.63. The number of para-hydroxylation sites is 2. The molecule has 0 radical (unpaired) electrons. The number of likely N-dealkylation sites (N-methyl/N-ethyl adjacent to an activating group) is 1. The number of nitrogens with zero attached hydrogens (tertiary/aromatic N) is 2. The Morgan fingerprint density at radius 3 is 2.62 bits per heavy atom. The van der Waals surface area contributed by atoms with Crippen molar-refractivity contribution in [2.75, 3.05) is 44.2 Å². The maximum Gasteiger partial charge on any atom is 0.268 e. The van der Waals surface area contributed by atoms with Crippen LogP contribution in [0.25, 0.3) is 0 Å². The molecule has 0 spiro atoms. The van der Waals surface area contributed by atoms with Gasteiger partial charge in [-0.25, -0.2) is 0 Å². The minimum Gasteiger partial charge on any atom is -0.478 e. The van der Waals surface area contributed by atoms with Gasteiger partial charge in [-0.2, -0.15) is 0 Å². The third-order valence-corrected chi connectivity index (χ3v) is 4.95. The number of piperazine rings is 1. The molecule has 6 nitrogen and oxygen atoms in total. The van der Waals surface area contributed by atoms with Crippen LogP contribution in [-0.4, -0.2) is 62.1 Å². The zero-order valence-electron chi connectivity index (χ0n) is 14.5. The first-order valence-electron chi connectivity index (χ1n) is 8.82. The van der Waals surface area contributed by atoms with Crippen LogP contribution in [0.1, 0.15) is 20.3 Å². The summed E-state index contributed by atoms with van der Waals surface area (Å²) in [6.07, 6.45) is 0.0882. The van der Waals surface area contributed by atoms with Gasteiger partial charge in [0.05, 0.1) is 38.4 Å². The first-order chi connectivity index (χ1) is 11.6. The van der Waals surface area contributed by atoms with E-state index in [-0.39, 0.29) is 18.4 Å². The second-order valence-corrected chi connectivity index (χ2v) is 6.39. The third kappa shape index (κ3) is 3.24. The van der Waals surface area contributed by atoms with Crippen LogP contribution in [0.15, 0.2) is 24.3 Å². The summed E-state index contributed by atoms with van der Waals surface area (Å²) >= 11 is 0. The normalized spacial score (nSPS) is 21.4. The molecule has 0 bridgehead atoms. The van der Waals surface area contributed by atoms with Gasteiger partial charge in [-0.05, 0) is 25.5 Å². The molecule has 1 saturated heterocycles. The standard InChI is InChI=1S/C18H25N3O3/c1-3-15-18(23)21(14-7-5-6-8-16(14)24-15)13-17(22)20-11-9-19(4-2)10-12-20/h5-8,15H,3-4,9-13H2,1-2H3/p+1. The molecule has 1 unspecified atom stereocenters. The molecular weight excluding hydrogens is 306 g/mol. The van der Waals surface area contributed by atoms with E-state index in [1.54, 1.807) is 4.90 Å². The van der Waals surface area contributed by atoms with E-state index in [4.69, 9.17) is 4.74 Å². The van der Waals surface area contributed by atoms with Crippen LogP contribution in [-0.2, 0) is 9.59 Å². The van der Waals surface area contributed by atoms with Crippen molar-refractivity contribution in [1.29, 1.82) is 0 Å². The number of ether oxygens (including phenoxy) is 1. The zero-order chi connectivity index (χ0) is 17.1. The molecular formula is C18H26N3O3+. The lowest BCUT2D eigenvalue weighted by molar-refractivity contribution is -0.902. The van der Waals surface area contributed by atoms with Crippen molar-refractivity contribution in [3.8, 4) is 5.75 Å². The maximum absolute atomic E-state index is 12.7. The summed E-state index contributed by atoms with van der Waals surface area (Å²) in [5.74, 6) is 0.574. The predicted octanol–water partition coefficient (Wildman–Crippen LogP) is -0.0624. The van der Waals surface area contributed by atoms with Gasteiger partial charge in [0.15, 0.2) is 6.10 Å². The Labute approximate surface area is 143 Å². The molecule has 0 saturated carbocycles. The van der Waals surface area contributed by atoms with Gasteiger partial charge in [0.2, 0.25) is 5.91 Å². The van der Waals surface area contributed by atoms with Crippen LogP contribution in [0.2, 0.25) is 0 Å². The number of fused-ring (bicyclic) bond motifs is 1. The van der Waals surface area contributed by atoms with Crippen LogP contribution in [0.4, 0.5) is 5.69 Å². The van der Waals surface area contributed by atoms with Crippen LogP contribution < -0.4 is 14.5 Å². The molecule has 1 atom stereocenters. The molecule has 24 heavy (non-hydrogen) atoms. The van der Waals surface area contributed by atoms with Crippen LogP contribution in [0.3, 0.4) is 0 Å². The van der Waals surface area contributed by atoms with Crippen molar-refractivity contribution < 1.29 is 19.2 Å². The summed E-state index contributed by atoms with van der Waals surface area (Å²) in [5.41, 5.74) is 0.693. The Bertz CT molecular complexity index is 611. The van der Waals surface area contributed by atoms with E-state index >= 15 is 0 Å². The fourth-order valence-corrected chi connectivity index (χ4v) is 3.36. The van der Waals surface area contributed by atoms with E-state index in [2.05, 4.69) is 6.92 Å². The number of rotatable bonds is 4. The molecule has 3 rings (SSSR count). The van der Waals surface area contributed by atoms with Crippen LogP contribution in [0.5, 0.6) is 5.75 Å². The van der Waals surface area contributed by atoms with Gasteiger partial charge in [0.1, 0.15) is 12.3 Å². The number of hydrogen-bond acceptors (Lipinski definition) is 3. The van der Waals surface area contributed by atoms with E-state index in [9.17, 15) is 9.59 Å². The Balaban J connectivity index is 1.73. The molecule has 0 aliphatic carbocycles. The first-order valence-corrected chi connectivity index (χ1v) is 8.82. The highest BCUT2D eigenvalue weighted by molar-refractivity contribution is 6.03. The summed E-state index contributed by atoms with van der Waals surface area (Å²) in [6, 6.07) is 7.44. The number of hydrogen-bond donors (Lipinski definition) is 1. The smallest absolute Gasteiger partial charge is 0.268 e. The fraction of sp³-hybridized carbons (Fsp3) is 0.556. The molecule has 2 aliphatic rings. The van der Waals surface area contributed by atoms with Crippen LogP contribution in [0, 0.1) is 0 Å². The van der Waals surface area contributed by atoms with E-state index in [0.29, 0.717) is 17.9 Å². The fourth-order valence-electron chi connectivity index (χ4n) is 3.36. The van der Waals surface area contributed by atoms with E-state index in [0.717, 1.165) is 32.7 Å². The summed E-state index contributed by atoms with van der Waals surface area (Å²) in [5, 5.41) is 0.